The number of benzene rings is 1. The molecule has 1 rings (SSSR count). The average molecular weight is 340 g/mol. The molecule has 23 heavy (non-hydrogen) atoms. The fourth-order valence-corrected chi connectivity index (χ4v) is 3.14. The first-order valence-electron chi connectivity index (χ1n) is 8.07. The summed E-state index contributed by atoms with van der Waals surface area (Å²) in [5.41, 5.74) is 1.94. The molecule has 0 heterocycles. The van der Waals surface area contributed by atoms with Gasteiger partial charge in [0.25, 0.3) is 0 Å². The van der Waals surface area contributed by atoms with E-state index in [4.69, 9.17) is 0 Å². The third kappa shape index (κ3) is 6.31. The van der Waals surface area contributed by atoms with Crippen LogP contribution in [0.15, 0.2) is 24.3 Å². The second-order valence-corrected chi connectivity index (χ2v) is 7.82. The molecular formula is C17H28N2O3S. The van der Waals surface area contributed by atoms with Crippen molar-refractivity contribution in [3.05, 3.63) is 35.4 Å². The molecule has 6 heteroatoms. The molecule has 1 amide bonds. The van der Waals surface area contributed by atoms with E-state index in [0.29, 0.717) is 13.1 Å². The molecule has 0 radical (unpaired) electrons. The number of hydrogen-bond donors (Lipinski definition) is 0. The van der Waals surface area contributed by atoms with Crippen LogP contribution in [0.2, 0.25) is 0 Å². The van der Waals surface area contributed by atoms with Crippen LogP contribution in [0.25, 0.3) is 0 Å². The SMILES string of the molecule is CCCN(CCC)C(=O)CN(Cc1ccccc1C)S(C)(=O)=O. The number of amides is 1. The second-order valence-electron chi connectivity index (χ2n) is 5.84. The predicted molar refractivity (Wildman–Crippen MR) is 93.6 cm³/mol. The molecule has 0 spiro atoms. The molecule has 1 aromatic carbocycles. The van der Waals surface area contributed by atoms with E-state index >= 15 is 0 Å². The van der Waals surface area contributed by atoms with E-state index in [-0.39, 0.29) is 19.0 Å². The van der Waals surface area contributed by atoms with E-state index in [1.165, 1.54) is 4.31 Å². The highest BCUT2D eigenvalue weighted by molar-refractivity contribution is 7.88. The van der Waals surface area contributed by atoms with Crippen molar-refractivity contribution in [2.24, 2.45) is 0 Å². The van der Waals surface area contributed by atoms with Crippen molar-refractivity contribution in [3.63, 3.8) is 0 Å². The molecular weight excluding hydrogens is 312 g/mol. The molecule has 0 bridgehead atoms. The number of nitrogens with zero attached hydrogens (tertiary/aromatic N) is 2. The van der Waals surface area contributed by atoms with Gasteiger partial charge in [-0.15, -0.1) is 0 Å². The number of carbonyl (C=O) groups excluding carboxylic acids is 1. The van der Waals surface area contributed by atoms with Crippen molar-refractivity contribution in [1.82, 2.24) is 9.21 Å². The number of rotatable bonds is 9. The number of aryl methyl sites for hydroxylation is 1. The van der Waals surface area contributed by atoms with Gasteiger partial charge in [-0.2, -0.15) is 4.31 Å². The molecule has 0 saturated carbocycles. The van der Waals surface area contributed by atoms with E-state index in [2.05, 4.69) is 0 Å². The Labute approximate surface area is 140 Å². The Balaban J connectivity index is 2.91. The lowest BCUT2D eigenvalue weighted by atomic mass is 10.1. The normalized spacial score (nSPS) is 11.7. The van der Waals surface area contributed by atoms with Gasteiger partial charge in [-0.25, -0.2) is 8.42 Å². The maximum Gasteiger partial charge on any atom is 0.237 e. The maximum absolute atomic E-state index is 12.5. The lowest BCUT2D eigenvalue weighted by Crippen LogP contribution is -2.42. The first-order valence-corrected chi connectivity index (χ1v) is 9.91. The smallest absolute Gasteiger partial charge is 0.237 e. The molecule has 0 aliphatic rings. The Morgan fingerprint density at radius 1 is 1.09 bits per heavy atom. The fourth-order valence-electron chi connectivity index (χ4n) is 2.42. The van der Waals surface area contributed by atoms with Gasteiger partial charge in [-0.3, -0.25) is 4.79 Å². The minimum atomic E-state index is -3.45. The Hall–Kier alpha value is -1.40. The molecule has 0 aliphatic heterocycles. The summed E-state index contributed by atoms with van der Waals surface area (Å²) in [5, 5.41) is 0. The van der Waals surface area contributed by atoms with Gasteiger partial charge in [0.2, 0.25) is 15.9 Å². The van der Waals surface area contributed by atoms with E-state index in [1.807, 2.05) is 45.0 Å². The van der Waals surface area contributed by atoms with Crippen LogP contribution >= 0.6 is 0 Å². The van der Waals surface area contributed by atoms with Crippen LogP contribution in [-0.2, 0) is 21.4 Å². The van der Waals surface area contributed by atoms with E-state index in [9.17, 15) is 13.2 Å². The summed E-state index contributed by atoms with van der Waals surface area (Å²) in [4.78, 5) is 14.2. The topological polar surface area (TPSA) is 57.7 Å². The molecule has 0 aliphatic carbocycles. The molecule has 0 aromatic heterocycles. The Kier molecular flexibility index (Phi) is 7.72. The van der Waals surface area contributed by atoms with Crippen LogP contribution in [0.5, 0.6) is 0 Å². The Morgan fingerprint density at radius 2 is 1.65 bits per heavy atom. The van der Waals surface area contributed by atoms with Gasteiger partial charge in [0.15, 0.2) is 0 Å². The summed E-state index contributed by atoms with van der Waals surface area (Å²) in [6, 6.07) is 7.63. The lowest BCUT2D eigenvalue weighted by molar-refractivity contribution is -0.131. The third-order valence-electron chi connectivity index (χ3n) is 3.73. The zero-order valence-electron chi connectivity index (χ0n) is 14.6. The largest absolute Gasteiger partial charge is 0.342 e. The lowest BCUT2D eigenvalue weighted by Gasteiger charge is -2.26. The minimum Gasteiger partial charge on any atom is -0.342 e. The summed E-state index contributed by atoms with van der Waals surface area (Å²) in [5.74, 6) is -0.132. The zero-order chi connectivity index (χ0) is 17.5. The quantitative estimate of drug-likeness (QED) is 0.693. The van der Waals surface area contributed by atoms with Gasteiger partial charge >= 0.3 is 0 Å². The van der Waals surface area contributed by atoms with Gasteiger partial charge in [-0.1, -0.05) is 38.1 Å². The molecule has 0 N–H and O–H groups in total. The minimum absolute atomic E-state index is 0.104. The van der Waals surface area contributed by atoms with Crippen LogP contribution < -0.4 is 0 Å². The fraction of sp³-hybridized carbons (Fsp3) is 0.588. The van der Waals surface area contributed by atoms with Crippen molar-refractivity contribution < 1.29 is 13.2 Å². The summed E-state index contributed by atoms with van der Waals surface area (Å²) < 4.78 is 25.4. The third-order valence-corrected chi connectivity index (χ3v) is 4.92. The average Bonchev–Trinajstić information content (AvgIpc) is 2.47. The number of carbonyl (C=O) groups is 1. The van der Waals surface area contributed by atoms with Crippen LogP contribution in [0.4, 0.5) is 0 Å². The monoisotopic (exact) mass is 340 g/mol. The Bertz CT molecular complexity index is 608. The van der Waals surface area contributed by atoms with Gasteiger partial charge in [0, 0.05) is 19.6 Å². The van der Waals surface area contributed by atoms with E-state index in [0.717, 1.165) is 30.2 Å². The van der Waals surface area contributed by atoms with Crippen molar-refractivity contribution in [2.45, 2.75) is 40.2 Å². The van der Waals surface area contributed by atoms with Gasteiger partial charge in [0.1, 0.15) is 0 Å². The Morgan fingerprint density at radius 3 is 2.13 bits per heavy atom. The molecule has 0 saturated heterocycles. The first kappa shape index (κ1) is 19.6. The van der Waals surface area contributed by atoms with Crippen molar-refractivity contribution in [2.75, 3.05) is 25.9 Å². The molecule has 0 fully saturated rings. The highest BCUT2D eigenvalue weighted by Gasteiger charge is 2.23. The van der Waals surface area contributed by atoms with Crippen molar-refractivity contribution >= 4 is 15.9 Å². The molecule has 5 nitrogen and oxygen atoms in total. The van der Waals surface area contributed by atoms with Crippen LogP contribution in [0, 0.1) is 6.92 Å². The predicted octanol–water partition coefficient (Wildman–Crippen LogP) is 2.41. The summed E-state index contributed by atoms with van der Waals surface area (Å²) in [6.07, 6.45) is 2.88. The highest BCUT2D eigenvalue weighted by atomic mass is 32.2. The zero-order valence-corrected chi connectivity index (χ0v) is 15.4. The first-order chi connectivity index (χ1) is 10.8. The van der Waals surface area contributed by atoms with Crippen molar-refractivity contribution in [3.8, 4) is 0 Å². The van der Waals surface area contributed by atoms with E-state index in [1.54, 1.807) is 4.90 Å². The number of sulfonamides is 1. The maximum atomic E-state index is 12.5. The van der Waals surface area contributed by atoms with Gasteiger partial charge in [-0.05, 0) is 30.9 Å². The molecule has 130 valence electrons. The van der Waals surface area contributed by atoms with Gasteiger partial charge < -0.3 is 4.90 Å². The summed E-state index contributed by atoms with van der Waals surface area (Å²) in [7, 11) is -3.45. The van der Waals surface area contributed by atoms with Crippen molar-refractivity contribution in [1.29, 1.82) is 0 Å². The van der Waals surface area contributed by atoms with Gasteiger partial charge in [0.05, 0.1) is 12.8 Å². The van der Waals surface area contributed by atoms with Crippen LogP contribution in [0.3, 0.4) is 0 Å². The second kappa shape index (κ2) is 9.03. The number of hydrogen-bond acceptors (Lipinski definition) is 3. The molecule has 0 unspecified atom stereocenters. The van der Waals surface area contributed by atoms with Crippen LogP contribution in [-0.4, -0.2) is 49.4 Å². The summed E-state index contributed by atoms with van der Waals surface area (Å²) >= 11 is 0. The highest BCUT2D eigenvalue weighted by Crippen LogP contribution is 2.13. The van der Waals surface area contributed by atoms with Crippen LogP contribution in [0.1, 0.15) is 37.8 Å². The van der Waals surface area contributed by atoms with E-state index < -0.39 is 10.0 Å². The molecule has 0 atom stereocenters. The summed E-state index contributed by atoms with van der Waals surface area (Å²) in [6.45, 7) is 7.41. The molecule has 1 aromatic rings. The standard InChI is InChI=1S/C17H28N2O3S/c1-5-11-18(12-6-2)17(20)14-19(23(4,21)22)13-16-10-8-7-9-15(16)3/h7-10H,5-6,11-14H2,1-4H3.